The Hall–Kier alpha value is -2.08. The molecule has 4 nitrogen and oxygen atoms in total. The number of sulfonamides is 1. The number of nitrogens with two attached hydrogens (primary N) is 1. The van der Waals surface area contributed by atoms with Crippen LogP contribution in [0.3, 0.4) is 0 Å². The SMILES string of the molecule is Cc1ccc(F)cc1NS(=O)(=O)Cc1ccc(N)cc1. The van der Waals surface area contributed by atoms with E-state index in [-0.39, 0.29) is 11.4 Å². The predicted octanol–water partition coefficient (Wildman–Crippen LogP) is 2.66. The first-order valence-electron chi connectivity index (χ1n) is 5.97. The van der Waals surface area contributed by atoms with Gasteiger partial charge in [0.05, 0.1) is 11.4 Å². The van der Waals surface area contributed by atoms with Crippen molar-refractivity contribution in [2.24, 2.45) is 0 Å². The molecule has 0 atom stereocenters. The van der Waals surface area contributed by atoms with Crippen LogP contribution in [0.25, 0.3) is 0 Å². The Morgan fingerprint density at radius 3 is 2.45 bits per heavy atom. The van der Waals surface area contributed by atoms with E-state index in [1.54, 1.807) is 31.2 Å². The standard InChI is InChI=1S/C14H15FN2O2S/c1-10-2-5-12(15)8-14(10)17-20(18,19)9-11-3-6-13(16)7-4-11/h2-8,17H,9,16H2,1H3. The lowest BCUT2D eigenvalue weighted by Crippen LogP contribution is -2.16. The molecule has 0 heterocycles. The fourth-order valence-corrected chi connectivity index (χ4v) is 3.00. The van der Waals surface area contributed by atoms with Crippen LogP contribution in [0.1, 0.15) is 11.1 Å². The van der Waals surface area contributed by atoms with E-state index in [0.717, 1.165) is 6.07 Å². The highest BCUT2D eigenvalue weighted by atomic mass is 32.2. The summed E-state index contributed by atoms with van der Waals surface area (Å²) in [6.45, 7) is 1.71. The molecule has 2 rings (SSSR count). The van der Waals surface area contributed by atoms with Crippen molar-refractivity contribution in [3.63, 3.8) is 0 Å². The fraction of sp³-hybridized carbons (Fsp3) is 0.143. The second-order valence-electron chi connectivity index (χ2n) is 4.56. The predicted molar refractivity (Wildman–Crippen MR) is 78.2 cm³/mol. The average Bonchev–Trinajstić information content (AvgIpc) is 2.36. The highest BCUT2D eigenvalue weighted by molar-refractivity contribution is 7.91. The van der Waals surface area contributed by atoms with Crippen LogP contribution < -0.4 is 10.5 Å². The van der Waals surface area contributed by atoms with Gasteiger partial charge in [0, 0.05) is 5.69 Å². The molecule has 106 valence electrons. The third-order valence-electron chi connectivity index (χ3n) is 2.80. The van der Waals surface area contributed by atoms with Crippen LogP contribution in [-0.2, 0) is 15.8 Å². The van der Waals surface area contributed by atoms with Gasteiger partial charge in [-0.05, 0) is 42.3 Å². The van der Waals surface area contributed by atoms with Crippen molar-refractivity contribution in [3.05, 3.63) is 59.4 Å². The van der Waals surface area contributed by atoms with E-state index in [1.807, 2.05) is 0 Å². The maximum Gasteiger partial charge on any atom is 0.236 e. The molecule has 0 radical (unpaired) electrons. The molecule has 0 bridgehead atoms. The van der Waals surface area contributed by atoms with Crippen molar-refractivity contribution in [3.8, 4) is 0 Å². The van der Waals surface area contributed by atoms with E-state index in [2.05, 4.69) is 4.72 Å². The fourth-order valence-electron chi connectivity index (χ4n) is 1.74. The number of hydrogen-bond donors (Lipinski definition) is 2. The van der Waals surface area contributed by atoms with Crippen LogP contribution in [0, 0.1) is 12.7 Å². The second-order valence-corrected chi connectivity index (χ2v) is 6.28. The molecule has 0 spiro atoms. The Bertz CT molecular complexity index is 712. The number of benzene rings is 2. The number of nitrogen functional groups attached to an aromatic ring is 1. The first-order chi connectivity index (χ1) is 9.35. The molecule has 6 heteroatoms. The minimum Gasteiger partial charge on any atom is -0.399 e. The van der Waals surface area contributed by atoms with Crippen LogP contribution in [0.2, 0.25) is 0 Å². The van der Waals surface area contributed by atoms with Gasteiger partial charge in [0.2, 0.25) is 10.0 Å². The van der Waals surface area contributed by atoms with Gasteiger partial charge in [-0.25, -0.2) is 12.8 Å². The summed E-state index contributed by atoms with van der Waals surface area (Å²) < 4.78 is 39.6. The Morgan fingerprint density at radius 1 is 1.15 bits per heavy atom. The van der Waals surface area contributed by atoms with Crippen molar-refractivity contribution in [1.29, 1.82) is 0 Å². The lowest BCUT2D eigenvalue weighted by molar-refractivity contribution is 0.600. The van der Waals surface area contributed by atoms with Gasteiger partial charge < -0.3 is 5.73 Å². The highest BCUT2D eigenvalue weighted by Crippen LogP contribution is 2.19. The summed E-state index contributed by atoms with van der Waals surface area (Å²) in [5, 5.41) is 0. The van der Waals surface area contributed by atoms with Gasteiger partial charge in [-0.1, -0.05) is 18.2 Å². The van der Waals surface area contributed by atoms with Crippen LogP contribution in [0.4, 0.5) is 15.8 Å². The maximum absolute atomic E-state index is 13.1. The first-order valence-corrected chi connectivity index (χ1v) is 7.62. The molecule has 0 fully saturated rings. The van der Waals surface area contributed by atoms with E-state index < -0.39 is 15.8 Å². The average molecular weight is 294 g/mol. The molecule has 0 aromatic heterocycles. The Labute approximate surface area is 117 Å². The minimum absolute atomic E-state index is 0.191. The Kier molecular flexibility index (Phi) is 3.94. The van der Waals surface area contributed by atoms with Crippen LogP contribution in [0.15, 0.2) is 42.5 Å². The van der Waals surface area contributed by atoms with Gasteiger partial charge in [-0.15, -0.1) is 0 Å². The van der Waals surface area contributed by atoms with E-state index in [1.165, 1.54) is 12.1 Å². The molecular weight excluding hydrogens is 279 g/mol. The van der Waals surface area contributed by atoms with Crippen LogP contribution in [-0.4, -0.2) is 8.42 Å². The second kappa shape index (κ2) is 5.50. The quantitative estimate of drug-likeness (QED) is 0.851. The monoisotopic (exact) mass is 294 g/mol. The topological polar surface area (TPSA) is 72.2 Å². The Balaban J connectivity index is 2.19. The summed E-state index contributed by atoms with van der Waals surface area (Å²) in [6.07, 6.45) is 0. The maximum atomic E-state index is 13.1. The highest BCUT2D eigenvalue weighted by Gasteiger charge is 2.13. The van der Waals surface area contributed by atoms with Crippen LogP contribution in [0.5, 0.6) is 0 Å². The summed E-state index contributed by atoms with van der Waals surface area (Å²) in [4.78, 5) is 0. The third kappa shape index (κ3) is 3.71. The molecular formula is C14H15FN2O2S. The number of aryl methyl sites for hydroxylation is 1. The zero-order valence-corrected chi connectivity index (χ0v) is 11.7. The minimum atomic E-state index is -3.60. The summed E-state index contributed by atoms with van der Waals surface area (Å²) in [7, 11) is -3.60. The number of anilines is 2. The smallest absolute Gasteiger partial charge is 0.236 e. The molecule has 20 heavy (non-hydrogen) atoms. The van der Waals surface area contributed by atoms with Gasteiger partial charge in [0.1, 0.15) is 5.82 Å². The number of rotatable bonds is 4. The van der Waals surface area contributed by atoms with Crippen LogP contribution >= 0.6 is 0 Å². The lowest BCUT2D eigenvalue weighted by atomic mass is 10.2. The van der Waals surface area contributed by atoms with Crippen molar-refractivity contribution in [2.75, 3.05) is 10.5 Å². The molecule has 0 aliphatic heterocycles. The van der Waals surface area contributed by atoms with Crippen molar-refractivity contribution in [2.45, 2.75) is 12.7 Å². The normalized spacial score (nSPS) is 11.3. The number of halogens is 1. The summed E-state index contributed by atoms with van der Waals surface area (Å²) in [5.74, 6) is -0.677. The summed E-state index contributed by atoms with van der Waals surface area (Å²) >= 11 is 0. The number of hydrogen-bond acceptors (Lipinski definition) is 3. The molecule has 0 amide bonds. The van der Waals surface area contributed by atoms with Gasteiger partial charge in [-0.2, -0.15) is 0 Å². The zero-order valence-electron chi connectivity index (χ0n) is 10.9. The van der Waals surface area contributed by atoms with Crippen molar-refractivity contribution in [1.82, 2.24) is 0 Å². The molecule has 0 aliphatic rings. The van der Waals surface area contributed by atoms with Gasteiger partial charge >= 0.3 is 0 Å². The van der Waals surface area contributed by atoms with E-state index >= 15 is 0 Å². The molecule has 2 aromatic carbocycles. The molecule has 0 saturated heterocycles. The van der Waals surface area contributed by atoms with Gasteiger partial charge in [0.25, 0.3) is 0 Å². The van der Waals surface area contributed by atoms with E-state index in [0.29, 0.717) is 16.8 Å². The summed E-state index contributed by atoms with van der Waals surface area (Å²) in [5.41, 5.74) is 7.64. The van der Waals surface area contributed by atoms with Crippen molar-refractivity contribution < 1.29 is 12.8 Å². The molecule has 0 aliphatic carbocycles. The molecule has 2 aromatic rings. The molecule has 0 saturated carbocycles. The lowest BCUT2D eigenvalue weighted by Gasteiger charge is -2.10. The van der Waals surface area contributed by atoms with Crippen molar-refractivity contribution >= 4 is 21.4 Å². The van der Waals surface area contributed by atoms with Gasteiger partial charge in [-0.3, -0.25) is 4.72 Å². The largest absolute Gasteiger partial charge is 0.399 e. The first kappa shape index (κ1) is 14.3. The number of nitrogens with one attached hydrogen (secondary N) is 1. The molecule has 3 N–H and O–H groups in total. The summed E-state index contributed by atoms with van der Waals surface area (Å²) in [6, 6.07) is 10.5. The van der Waals surface area contributed by atoms with E-state index in [4.69, 9.17) is 5.73 Å². The zero-order chi connectivity index (χ0) is 14.8. The van der Waals surface area contributed by atoms with Gasteiger partial charge in [0.15, 0.2) is 0 Å². The third-order valence-corrected chi connectivity index (χ3v) is 4.05. The molecule has 0 unspecified atom stereocenters. The van der Waals surface area contributed by atoms with E-state index in [9.17, 15) is 12.8 Å². The Morgan fingerprint density at radius 2 is 1.80 bits per heavy atom.